The summed E-state index contributed by atoms with van der Waals surface area (Å²) in [6, 6.07) is 6.50. The molecule has 0 fully saturated rings. The van der Waals surface area contributed by atoms with Crippen molar-refractivity contribution in [1.82, 2.24) is 10.3 Å². The lowest BCUT2D eigenvalue weighted by Crippen LogP contribution is -2.40. The Balaban J connectivity index is 2.40. The van der Waals surface area contributed by atoms with Gasteiger partial charge in [-0.25, -0.2) is 0 Å². The molecule has 1 aliphatic heterocycles. The van der Waals surface area contributed by atoms with Gasteiger partial charge in [-0.3, -0.25) is 0 Å². The van der Waals surface area contributed by atoms with Crippen LogP contribution in [0.1, 0.15) is 38.1 Å². The van der Waals surface area contributed by atoms with Crippen molar-refractivity contribution in [2.75, 3.05) is 6.54 Å². The van der Waals surface area contributed by atoms with E-state index < -0.39 is 0 Å². The first kappa shape index (κ1) is 11.1. The van der Waals surface area contributed by atoms with Crippen LogP contribution in [0.3, 0.4) is 0 Å². The number of aromatic nitrogens is 1. The van der Waals surface area contributed by atoms with Gasteiger partial charge in [-0.2, -0.15) is 0 Å². The number of hydrogen-bond acceptors (Lipinski definition) is 1. The zero-order valence-electron chi connectivity index (χ0n) is 10.4. The molecule has 17 heavy (non-hydrogen) atoms. The Kier molecular flexibility index (Phi) is 2.29. The summed E-state index contributed by atoms with van der Waals surface area (Å²) in [4.78, 5) is 3.50. The summed E-state index contributed by atoms with van der Waals surface area (Å²) in [6.07, 6.45) is 0. The van der Waals surface area contributed by atoms with E-state index in [4.69, 9.17) is 11.6 Å². The highest BCUT2D eigenvalue weighted by Crippen LogP contribution is 2.40. The third kappa shape index (κ3) is 1.51. The maximum atomic E-state index is 6.27. The summed E-state index contributed by atoms with van der Waals surface area (Å²) in [6.45, 7) is 7.75. The van der Waals surface area contributed by atoms with Crippen LogP contribution in [0.25, 0.3) is 10.9 Å². The predicted octanol–water partition coefficient (Wildman–Crippen LogP) is 3.76. The molecule has 0 radical (unpaired) electrons. The quantitative estimate of drug-likeness (QED) is 0.730. The summed E-state index contributed by atoms with van der Waals surface area (Å²) in [5.74, 6) is 0. The van der Waals surface area contributed by atoms with Gasteiger partial charge < -0.3 is 10.3 Å². The minimum absolute atomic E-state index is 0.144. The second kappa shape index (κ2) is 3.50. The Morgan fingerprint density at radius 3 is 2.88 bits per heavy atom. The number of aromatic amines is 1. The van der Waals surface area contributed by atoms with E-state index in [9.17, 15) is 0 Å². The van der Waals surface area contributed by atoms with Gasteiger partial charge in [0.25, 0.3) is 0 Å². The molecule has 0 amide bonds. The van der Waals surface area contributed by atoms with Crippen LogP contribution in [0.4, 0.5) is 0 Å². The van der Waals surface area contributed by atoms with Gasteiger partial charge in [0.2, 0.25) is 0 Å². The first-order chi connectivity index (χ1) is 8.00. The number of nitrogens with one attached hydrogen (secondary N) is 2. The van der Waals surface area contributed by atoms with Gasteiger partial charge in [-0.15, -0.1) is 0 Å². The second-order valence-corrected chi connectivity index (χ2v) is 5.97. The van der Waals surface area contributed by atoms with Crippen LogP contribution in [0.5, 0.6) is 0 Å². The lowest BCUT2D eigenvalue weighted by molar-refractivity contribution is 0.394. The van der Waals surface area contributed by atoms with Gasteiger partial charge >= 0.3 is 0 Å². The van der Waals surface area contributed by atoms with Crippen molar-refractivity contribution in [1.29, 1.82) is 0 Å². The average molecular weight is 249 g/mol. The zero-order valence-corrected chi connectivity index (χ0v) is 11.2. The van der Waals surface area contributed by atoms with Gasteiger partial charge in [-0.1, -0.05) is 37.6 Å². The number of para-hydroxylation sites is 1. The Morgan fingerprint density at radius 2 is 2.12 bits per heavy atom. The van der Waals surface area contributed by atoms with E-state index >= 15 is 0 Å². The first-order valence-corrected chi connectivity index (χ1v) is 6.42. The van der Waals surface area contributed by atoms with Crippen LogP contribution in [-0.4, -0.2) is 11.5 Å². The molecule has 1 aromatic heterocycles. The van der Waals surface area contributed by atoms with Crippen LogP contribution in [0.15, 0.2) is 18.2 Å². The van der Waals surface area contributed by atoms with E-state index in [-0.39, 0.29) is 5.41 Å². The van der Waals surface area contributed by atoms with Gasteiger partial charge in [-0.05, 0) is 18.6 Å². The highest BCUT2D eigenvalue weighted by molar-refractivity contribution is 6.35. The number of fused-ring (bicyclic) bond motifs is 3. The van der Waals surface area contributed by atoms with Crippen LogP contribution < -0.4 is 5.32 Å². The number of benzene rings is 1. The Bertz CT molecular complexity index is 583. The molecule has 1 aliphatic rings. The van der Waals surface area contributed by atoms with Gasteiger partial charge in [0, 0.05) is 29.1 Å². The molecule has 0 bridgehead atoms. The van der Waals surface area contributed by atoms with Crippen molar-refractivity contribution in [2.45, 2.75) is 32.2 Å². The SMILES string of the molecule is CC1NCC(C)(C)c2c1[nH]c1c(Cl)cccc21. The summed E-state index contributed by atoms with van der Waals surface area (Å²) in [5.41, 5.74) is 3.92. The second-order valence-electron chi connectivity index (χ2n) is 5.56. The summed E-state index contributed by atoms with van der Waals surface area (Å²) in [7, 11) is 0. The number of halogens is 1. The molecule has 3 rings (SSSR count). The van der Waals surface area contributed by atoms with Gasteiger partial charge in [0.05, 0.1) is 10.5 Å². The lowest BCUT2D eigenvalue weighted by atomic mass is 9.79. The molecule has 2 heterocycles. The molecule has 1 unspecified atom stereocenters. The maximum Gasteiger partial charge on any atom is 0.0648 e. The molecule has 0 saturated heterocycles. The fraction of sp³-hybridized carbons (Fsp3) is 0.429. The molecule has 2 N–H and O–H groups in total. The standard InChI is InChI=1S/C14H17ClN2/c1-8-12-11(14(2,3)7-16-8)9-5-4-6-10(15)13(9)17-12/h4-6,8,16-17H,7H2,1-3H3. The summed E-state index contributed by atoms with van der Waals surface area (Å²) < 4.78 is 0. The Labute approximate surface area is 106 Å². The molecule has 0 aliphatic carbocycles. The third-order valence-electron chi connectivity index (χ3n) is 3.77. The van der Waals surface area contributed by atoms with E-state index in [0.717, 1.165) is 17.1 Å². The summed E-state index contributed by atoms with van der Waals surface area (Å²) in [5, 5.41) is 5.61. The number of hydrogen-bond donors (Lipinski definition) is 2. The molecule has 2 aromatic rings. The van der Waals surface area contributed by atoms with E-state index in [2.05, 4.69) is 37.1 Å². The normalized spacial score (nSPS) is 22.7. The Hall–Kier alpha value is -0.990. The highest BCUT2D eigenvalue weighted by Gasteiger charge is 2.34. The fourth-order valence-corrected chi connectivity index (χ4v) is 3.08. The number of rotatable bonds is 0. The van der Waals surface area contributed by atoms with Crippen LogP contribution in [0, 0.1) is 0 Å². The molecular weight excluding hydrogens is 232 g/mol. The Morgan fingerprint density at radius 1 is 1.35 bits per heavy atom. The smallest absolute Gasteiger partial charge is 0.0648 e. The van der Waals surface area contributed by atoms with Crippen molar-refractivity contribution in [3.63, 3.8) is 0 Å². The van der Waals surface area contributed by atoms with Crippen LogP contribution in [-0.2, 0) is 5.41 Å². The zero-order chi connectivity index (χ0) is 12.2. The highest BCUT2D eigenvalue weighted by atomic mass is 35.5. The molecule has 2 nitrogen and oxygen atoms in total. The van der Waals surface area contributed by atoms with Crippen LogP contribution in [0.2, 0.25) is 5.02 Å². The van der Waals surface area contributed by atoms with Crippen molar-refractivity contribution in [3.8, 4) is 0 Å². The third-order valence-corrected chi connectivity index (χ3v) is 4.09. The topological polar surface area (TPSA) is 27.8 Å². The molecule has 1 aromatic carbocycles. The lowest BCUT2D eigenvalue weighted by Gasteiger charge is -2.34. The minimum atomic E-state index is 0.144. The van der Waals surface area contributed by atoms with Crippen molar-refractivity contribution < 1.29 is 0 Å². The largest absolute Gasteiger partial charge is 0.356 e. The van der Waals surface area contributed by atoms with E-state index in [1.807, 2.05) is 12.1 Å². The molecule has 0 saturated carbocycles. The van der Waals surface area contributed by atoms with Crippen LogP contribution >= 0.6 is 11.6 Å². The average Bonchev–Trinajstić information content (AvgIpc) is 2.67. The van der Waals surface area contributed by atoms with Crippen molar-refractivity contribution >= 4 is 22.5 Å². The van der Waals surface area contributed by atoms with E-state index in [1.165, 1.54) is 16.6 Å². The molecule has 1 atom stereocenters. The number of H-pyrrole nitrogens is 1. The van der Waals surface area contributed by atoms with Gasteiger partial charge in [0.1, 0.15) is 0 Å². The van der Waals surface area contributed by atoms with Gasteiger partial charge in [0.15, 0.2) is 0 Å². The van der Waals surface area contributed by atoms with E-state index in [1.54, 1.807) is 0 Å². The van der Waals surface area contributed by atoms with Crippen molar-refractivity contribution in [2.24, 2.45) is 0 Å². The van der Waals surface area contributed by atoms with E-state index in [0.29, 0.717) is 6.04 Å². The molecule has 90 valence electrons. The molecule has 3 heteroatoms. The molecule has 0 spiro atoms. The predicted molar refractivity (Wildman–Crippen MR) is 72.8 cm³/mol. The summed E-state index contributed by atoms with van der Waals surface area (Å²) >= 11 is 6.27. The first-order valence-electron chi connectivity index (χ1n) is 6.04. The maximum absolute atomic E-state index is 6.27. The minimum Gasteiger partial charge on any atom is -0.356 e. The molecular formula is C14H17ClN2. The van der Waals surface area contributed by atoms with Crippen molar-refractivity contribution in [3.05, 3.63) is 34.5 Å². The monoisotopic (exact) mass is 248 g/mol. The fourth-order valence-electron chi connectivity index (χ4n) is 2.85.